The van der Waals surface area contributed by atoms with Gasteiger partial charge in [-0.3, -0.25) is 14.7 Å². The van der Waals surface area contributed by atoms with Gasteiger partial charge in [0, 0.05) is 59.9 Å². The van der Waals surface area contributed by atoms with Crippen LogP contribution in [0.3, 0.4) is 0 Å². The van der Waals surface area contributed by atoms with Crippen LogP contribution in [0.5, 0.6) is 0 Å². The van der Waals surface area contributed by atoms with Gasteiger partial charge < -0.3 is 15.4 Å². The fourth-order valence-corrected chi connectivity index (χ4v) is 5.09. The van der Waals surface area contributed by atoms with Crippen molar-refractivity contribution in [2.24, 2.45) is 0 Å². The van der Waals surface area contributed by atoms with Crippen molar-refractivity contribution in [2.75, 3.05) is 36.5 Å². The second-order valence-corrected chi connectivity index (χ2v) is 10.2. The van der Waals surface area contributed by atoms with Crippen LogP contribution in [0.2, 0.25) is 5.02 Å². The van der Waals surface area contributed by atoms with Gasteiger partial charge in [0.1, 0.15) is 5.82 Å². The molecule has 36 heavy (non-hydrogen) atoms. The summed E-state index contributed by atoms with van der Waals surface area (Å²) in [6.45, 7) is 6.93. The average Bonchev–Trinajstić information content (AvgIpc) is 2.94. The van der Waals surface area contributed by atoms with E-state index in [1.807, 2.05) is 44.2 Å². The Morgan fingerprint density at radius 1 is 1.08 bits per heavy atom. The van der Waals surface area contributed by atoms with Crippen LogP contribution in [0.4, 0.5) is 21.5 Å². The number of carbonyl (C=O) groups is 1. The maximum Gasteiger partial charge on any atom is 0.243 e. The molecular weight excluding hydrogens is 479 g/mol. The van der Waals surface area contributed by atoms with Crippen LogP contribution >= 0.6 is 11.6 Å². The molecule has 8 heteroatoms. The molecule has 0 unspecified atom stereocenters. The van der Waals surface area contributed by atoms with Crippen molar-refractivity contribution in [3.63, 3.8) is 0 Å². The van der Waals surface area contributed by atoms with Crippen LogP contribution in [0.15, 0.2) is 54.7 Å². The Balaban J connectivity index is 1.41. The Kier molecular flexibility index (Phi) is 6.97. The van der Waals surface area contributed by atoms with Gasteiger partial charge >= 0.3 is 0 Å². The molecule has 1 amide bonds. The number of nitrogens with one attached hydrogen (secondary N) is 2. The lowest BCUT2D eigenvalue weighted by atomic mass is 9.84. The van der Waals surface area contributed by atoms with E-state index in [0.717, 1.165) is 51.0 Å². The van der Waals surface area contributed by atoms with E-state index in [1.165, 1.54) is 6.07 Å². The highest BCUT2D eigenvalue weighted by atomic mass is 35.5. The summed E-state index contributed by atoms with van der Waals surface area (Å²) in [4.78, 5) is 20.0. The largest absolute Gasteiger partial charge is 0.384 e. The summed E-state index contributed by atoms with van der Waals surface area (Å²) in [6, 6.07) is 15.0. The van der Waals surface area contributed by atoms with Crippen molar-refractivity contribution < 1.29 is 13.9 Å². The minimum atomic E-state index is -0.985. The maximum atomic E-state index is 14.2. The monoisotopic (exact) mass is 508 g/mol. The van der Waals surface area contributed by atoms with Crippen LogP contribution in [-0.2, 0) is 14.9 Å². The molecule has 0 radical (unpaired) electrons. The Bertz CT molecular complexity index is 1260. The lowest BCUT2D eigenvalue weighted by Gasteiger charge is -2.30. The minimum Gasteiger partial charge on any atom is -0.384 e. The zero-order chi connectivity index (χ0) is 25.3. The van der Waals surface area contributed by atoms with Crippen LogP contribution in [0.25, 0.3) is 11.1 Å². The molecule has 0 bridgehead atoms. The molecule has 1 fully saturated rings. The Morgan fingerprint density at radius 3 is 2.58 bits per heavy atom. The predicted molar refractivity (Wildman–Crippen MR) is 142 cm³/mol. The fourth-order valence-electron chi connectivity index (χ4n) is 4.92. The van der Waals surface area contributed by atoms with E-state index in [4.69, 9.17) is 16.3 Å². The van der Waals surface area contributed by atoms with Gasteiger partial charge in [0.15, 0.2) is 0 Å². The molecule has 0 aliphatic carbocycles. The third-order valence-electron chi connectivity index (χ3n) is 6.91. The molecule has 1 saturated heterocycles. The van der Waals surface area contributed by atoms with Crippen molar-refractivity contribution in [1.29, 1.82) is 0 Å². The molecular formula is C28H30ClFN4O2. The predicted octanol–water partition coefficient (Wildman–Crippen LogP) is 5.68. The van der Waals surface area contributed by atoms with Crippen LogP contribution < -0.4 is 15.5 Å². The second-order valence-electron chi connectivity index (χ2n) is 9.79. The number of rotatable bonds is 6. The number of aromatic nitrogens is 1. The van der Waals surface area contributed by atoms with E-state index >= 15 is 0 Å². The van der Waals surface area contributed by atoms with Gasteiger partial charge in [-0.15, -0.1) is 0 Å². The quantitative estimate of drug-likeness (QED) is 0.419. The topological polar surface area (TPSA) is 66.5 Å². The Hall–Kier alpha value is -3.00. The summed E-state index contributed by atoms with van der Waals surface area (Å²) in [5, 5.41) is 7.49. The number of hydrogen-bond donors (Lipinski definition) is 2. The molecule has 6 nitrogen and oxygen atoms in total. The number of carbonyl (C=O) groups excluding carboxylic acids is 1. The third-order valence-corrected chi connectivity index (χ3v) is 7.14. The third kappa shape index (κ3) is 4.83. The van der Waals surface area contributed by atoms with Crippen molar-refractivity contribution >= 4 is 34.6 Å². The van der Waals surface area contributed by atoms with Gasteiger partial charge in [0.05, 0.1) is 23.0 Å². The zero-order valence-electron chi connectivity index (χ0n) is 20.5. The van der Waals surface area contributed by atoms with E-state index in [2.05, 4.69) is 15.6 Å². The smallest absolute Gasteiger partial charge is 0.243 e. The second kappa shape index (κ2) is 10.2. The van der Waals surface area contributed by atoms with E-state index in [9.17, 15) is 9.18 Å². The molecule has 2 aliphatic rings. The van der Waals surface area contributed by atoms with Crippen molar-refractivity contribution in [3.05, 3.63) is 71.3 Å². The summed E-state index contributed by atoms with van der Waals surface area (Å²) in [7, 11) is 0. The molecule has 2 aromatic carbocycles. The van der Waals surface area contributed by atoms with Gasteiger partial charge in [-0.1, -0.05) is 17.7 Å². The highest BCUT2D eigenvalue weighted by Crippen LogP contribution is 2.46. The molecule has 2 N–H and O–H groups in total. The first-order valence-electron chi connectivity index (χ1n) is 12.3. The molecule has 0 atom stereocenters. The van der Waals surface area contributed by atoms with Crippen LogP contribution in [0.1, 0.15) is 32.4 Å². The molecule has 2 aliphatic heterocycles. The molecule has 3 heterocycles. The normalized spacial score (nSPS) is 17.3. The summed E-state index contributed by atoms with van der Waals surface area (Å²) >= 11 is 6.36. The van der Waals surface area contributed by atoms with Crippen molar-refractivity contribution in [1.82, 2.24) is 10.3 Å². The average molecular weight is 509 g/mol. The minimum absolute atomic E-state index is 0.162. The van der Waals surface area contributed by atoms with Gasteiger partial charge in [-0.05, 0) is 69.2 Å². The highest BCUT2D eigenvalue weighted by Gasteiger charge is 2.42. The molecule has 188 valence electrons. The summed E-state index contributed by atoms with van der Waals surface area (Å²) in [5.74, 6) is -0.613. The van der Waals surface area contributed by atoms with E-state index < -0.39 is 11.2 Å². The summed E-state index contributed by atoms with van der Waals surface area (Å²) < 4.78 is 19.6. The molecule has 0 spiro atoms. The lowest BCUT2D eigenvalue weighted by molar-refractivity contribution is -0.122. The van der Waals surface area contributed by atoms with E-state index in [0.29, 0.717) is 39.3 Å². The van der Waals surface area contributed by atoms with Gasteiger partial charge in [0.2, 0.25) is 5.91 Å². The van der Waals surface area contributed by atoms with Gasteiger partial charge in [-0.2, -0.15) is 0 Å². The van der Waals surface area contributed by atoms with Crippen LogP contribution in [0, 0.1) is 5.82 Å². The highest BCUT2D eigenvalue weighted by molar-refractivity contribution is 6.31. The van der Waals surface area contributed by atoms with E-state index in [-0.39, 0.29) is 5.91 Å². The summed E-state index contributed by atoms with van der Waals surface area (Å²) in [5.41, 5.74) is 3.13. The van der Waals surface area contributed by atoms with Crippen molar-refractivity contribution in [2.45, 2.75) is 38.1 Å². The fraction of sp³-hybridized carbons (Fsp3) is 0.357. The number of ether oxygens (including phenoxy) is 1. The number of nitrogens with zero attached hydrogens (tertiary/aromatic N) is 2. The summed E-state index contributed by atoms with van der Waals surface area (Å²) in [6.07, 6.45) is 3.26. The van der Waals surface area contributed by atoms with Gasteiger partial charge in [-0.25, -0.2) is 4.39 Å². The number of benzene rings is 2. The number of hydrogen-bond acceptors (Lipinski definition) is 5. The lowest BCUT2D eigenvalue weighted by Crippen LogP contribution is -2.40. The number of amides is 1. The molecule has 0 saturated carbocycles. The first kappa shape index (κ1) is 24.7. The first-order chi connectivity index (χ1) is 17.3. The number of halogens is 2. The maximum absolute atomic E-state index is 14.2. The van der Waals surface area contributed by atoms with Crippen molar-refractivity contribution in [3.8, 4) is 11.1 Å². The standard InChI is InChI=1S/C28H30ClFN4O2/c1-28(2)26-24(16-19(30)17-33-26)23-8-3-18(29)15-25(23)34(27(28)35)22-6-4-20(5-7-22)31-11-12-32-21-9-13-36-14-10-21/h3-8,15-17,21,31-32H,9-14H2,1-2H3. The van der Waals surface area contributed by atoms with E-state index in [1.54, 1.807) is 17.0 Å². The van der Waals surface area contributed by atoms with Crippen LogP contribution in [-0.4, -0.2) is 43.2 Å². The van der Waals surface area contributed by atoms with Gasteiger partial charge in [0.25, 0.3) is 0 Å². The number of anilines is 3. The SMILES string of the molecule is CC1(C)C(=O)N(c2ccc(NCCNC3CCOCC3)cc2)c2cc(Cl)ccc2-c2cc(F)cnc21. The Morgan fingerprint density at radius 2 is 1.83 bits per heavy atom. The number of fused-ring (bicyclic) bond motifs is 3. The first-order valence-corrected chi connectivity index (χ1v) is 12.7. The number of pyridine rings is 1. The Labute approximate surface area is 215 Å². The zero-order valence-corrected chi connectivity index (χ0v) is 21.2. The molecule has 1 aromatic heterocycles. The molecule has 5 rings (SSSR count). The molecule has 3 aromatic rings.